The van der Waals surface area contributed by atoms with Crippen molar-refractivity contribution >= 4 is 53.1 Å². The molecular weight excluding hydrogens is 356 g/mol. The number of fused-ring (bicyclic) bond motifs is 12. The molecule has 1 aromatic heterocycles. The fourth-order valence-electron chi connectivity index (χ4n) is 5.14. The normalized spacial score (nSPS) is 12.9. The van der Waals surface area contributed by atoms with Crippen molar-refractivity contribution in [2.75, 3.05) is 0 Å². The van der Waals surface area contributed by atoms with Crippen LogP contribution in [-0.2, 0) is 6.42 Å². The Morgan fingerprint density at radius 2 is 1.29 bits per heavy atom. The lowest BCUT2D eigenvalue weighted by atomic mass is 9.94. The summed E-state index contributed by atoms with van der Waals surface area (Å²) in [5.74, 6) is 0. The van der Waals surface area contributed by atoms with Gasteiger partial charge in [-0.05, 0) is 50.9 Å². The number of thiophene rings is 1. The monoisotopic (exact) mass is 372 g/mol. The molecule has 0 bridgehead atoms. The highest BCUT2D eigenvalue weighted by atomic mass is 32.1. The molecular formula is C27H16S. The minimum absolute atomic E-state index is 1.02. The van der Waals surface area contributed by atoms with Crippen molar-refractivity contribution in [2.24, 2.45) is 0 Å². The third-order valence-corrected chi connectivity index (χ3v) is 7.51. The van der Waals surface area contributed by atoms with E-state index in [0.29, 0.717) is 0 Å². The van der Waals surface area contributed by atoms with Gasteiger partial charge in [0.2, 0.25) is 0 Å². The molecule has 0 amide bonds. The third kappa shape index (κ3) is 1.75. The number of hydrogen-bond donors (Lipinski definition) is 0. The Hall–Kier alpha value is -3.16. The maximum Gasteiger partial charge on any atom is 0.0437 e. The molecule has 6 aromatic rings. The topological polar surface area (TPSA) is 0 Å². The van der Waals surface area contributed by atoms with E-state index < -0.39 is 0 Å². The van der Waals surface area contributed by atoms with Gasteiger partial charge in [-0.3, -0.25) is 0 Å². The summed E-state index contributed by atoms with van der Waals surface area (Å²) < 4.78 is 2.82. The molecule has 130 valence electrons. The van der Waals surface area contributed by atoms with E-state index >= 15 is 0 Å². The van der Waals surface area contributed by atoms with Gasteiger partial charge in [0, 0.05) is 25.6 Å². The Labute approximate surface area is 166 Å². The average molecular weight is 372 g/mol. The van der Waals surface area contributed by atoms with Crippen LogP contribution >= 0.6 is 11.3 Å². The van der Waals surface area contributed by atoms with Gasteiger partial charge in [0.15, 0.2) is 0 Å². The molecule has 0 aliphatic heterocycles. The molecule has 0 N–H and O–H groups in total. The van der Waals surface area contributed by atoms with Gasteiger partial charge in [0.1, 0.15) is 0 Å². The maximum atomic E-state index is 2.34. The zero-order valence-corrected chi connectivity index (χ0v) is 16.0. The van der Waals surface area contributed by atoms with Crippen LogP contribution in [0.2, 0.25) is 0 Å². The van der Waals surface area contributed by atoms with E-state index in [2.05, 4.69) is 84.9 Å². The Bertz CT molecular complexity index is 1580. The summed E-state index contributed by atoms with van der Waals surface area (Å²) in [5, 5.41) is 8.39. The average Bonchev–Trinajstić information content (AvgIpc) is 3.33. The molecule has 0 atom stereocenters. The van der Waals surface area contributed by atoms with E-state index in [0.717, 1.165) is 6.42 Å². The minimum atomic E-state index is 1.02. The first kappa shape index (κ1) is 14.8. The molecule has 7 rings (SSSR count). The molecule has 0 fully saturated rings. The second kappa shape index (κ2) is 5.21. The van der Waals surface area contributed by atoms with Gasteiger partial charge in [-0.25, -0.2) is 0 Å². The van der Waals surface area contributed by atoms with Crippen LogP contribution in [0.1, 0.15) is 11.1 Å². The first-order chi connectivity index (χ1) is 13.9. The van der Waals surface area contributed by atoms with Gasteiger partial charge < -0.3 is 0 Å². The second-order valence-electron chi connectivity index (χ2n) is 7.69. The zero-order chi connectivity index (χ0) is 18.2. The summed E-state index contributed by atoms with van der Waals surface area (Å²) in [4.78, 5) is 0. The molecule has 1 heteroatoms. The summed E-state index contributed by atoms with van der Waals surface area (Å²) in [5.41, 5.74) is 5.87. The second-order valence-corrected chi connectivity index (χ2v) is 8.74. The van der Waals surface area contributed by atoms with E-state index in [1.807, 2.05) is 11.3 Å². The number of hydrogen-bond acceptors (Lipinski definition) is 1. The first-order valence-corrected chi connectivity index (χ1v) is 10.6. The number of benzene rings is 5. The van der Waals surface area contributed by atoms with Crippen LogP contribution in [0.15, 0.2) is 84.9 Å². The third-order valence-electron chi connectivity index (χ3n) is 6.30. The molecule has 28 heavy (non-hydrogen) atoms. The van der Waals surface area contributed by atoms with Gasteiger partial charge in [-0.15, -0.1) is 11.3 Å². The molecule has 1 heterocycles. The highest BCUT2D eigenvalue weighted by Crippen LogP contribution is 2.51. The van der Waals surface area contributed by atoms with Gasteiger partial charge >= 0.3 is 0 Å². The van der Waals surface area contributed by atoms with Crippen LogP contribution in [0.4, 0.5) is 0 Å². The van der Waals surface area contributed by atoms with E-state index in [-0.39, 0.29) is 0 Å². The summed E-state index contributed by atoms with van der Waals surface area (Å²) in [6.45, 7) is 0. The number of rotatable bonds is 0. The summed E-state index contributed by atoms with van der Waals surface area (Å²) in [6.07, 6.45) is 1.02. The molecule has 0 saturated heterocycles. The Morgan fingerprint density at radius 3 is 2.18 bits per heavy atom. The Kier molecular flexibility index (Phi) is 2.76. The van der Waals surface area contributed by atoms with Crippen molar-refractivity contribution < 1.29 is 0 Å². The summed E-state index contributed by atoms with van der Waals surface area (Å²) >= 11 is 1.94. The fourth-order valence-corrected chi connectivity index (χ4v) is 6.41. The summed E-state index contributed by atoms with van der Waals surface area (Å²) in [7, 11) is 0. The van der Waals surface area contributed by atoms with Crippen LogP contribution in [0.5, 0.6) is 0 Å². The van der Waals surface area contributed by atoms with Crippen molar-refractivity contribution in [3.63, 3.8) is 0 Å². The largest absolute Gasteiger partial charge is 0.135 e. The van der Waals surface area contributed by atoms with E-state index in [4.69, 9.17) is 0 Å². The molecule has 0 radical (unpaired) electrons. The lowest BCUT2D eigenvalue weighted by molar-refractivity contribution is 1.31. The lowest BCUT2D eigenvalue weighted by Crippen LogP contribution is -1.85. The van der Waals surface area contributed by atoms with Gasteiger partial charge in [0.05, 0.1) is 0 Å². The van der Waals surface area contributed by atoms with Crippen molar-refractivity contribution in [3.05, 3.63) is 96.1 Å². The van der Waals surface area contributed by atoms with Crippen molar-refractivity contribution in [1.29, 1.82) is 0 Å². The molecule has 1 aliphatic carbocycles. The smallest absolute Gasteiger partial charge is 0.0437 e. The quantitative estimate of drug-likeness (QED) is 0.253. The minimum Gasteiger partial charge on any atom is -0.135 e. The zero-order valence-electron chi connectivity index (χ0n) is 15.2. The molecule has 0 unspecified atom stereocenters. The van der Waals surface area contributed by atoms with Crippen molar-refractivity contribution in [2.45, 2.75) is 6.42 Å². The van der Waals surface area contributed by atoms with Crippen LogP contribution in [0, 0.1) is 0 Å². The van der Waals surface area contributed by atoms with Gasteiger partial charge in [-0.2, -0.15) is 0 Å². The molecule has 0 saturated carbocycles. The molecule has 0 spiro atoms. The first-order valence-electron chi connectivity index (χ1n) is 9.76. The molecule has 0 nitrogen and oxygen atoms in total. The van der Waals surface area contributed by atoms with Crippen LogP contribution in [0.3, 0.4) is 0 Å². The van der Waals surface area contributed by atoms with Crippen molar-refractivity contribution in [1.82, 2.24) is 0 Å². The fraction of sp³-hybridized carbons (Fsp3) is 0.0370. The van der Waals surface area contributed by atoms with E-state index in [1.54, 1.807) is 0 Å². The van der Waals surface area contributed by atoms with Crippen LogP contribution in [0.25, 0.3) is 52.8 Å². The lowest BCUT2D eigenvalue weighted by Gasteiger charge is -2.10. The molecule has 1 aliphatic rings. The SMILES string of the molecule is c1ccc2c3c(ccc2c1)-c1c(c2c4ccccc4sc2c2ccccc12)C3. The standard InChI is InChI=1S/C27H16S/c1-2-8-17-16(7-1)13-14-19-22(17)15-23-25(19)18-9-3-4-10-20(18)27-26(23)21-11-5-6-12-24(21)28-27/h1-14H,15H2. The van der Waals surface area contributed by atoms with Gasteiger partial charge in [-0.1, -0.05) is 78.9 Å². The Balaban J connectivity index is 1.74. The highest BCUT2D eigenvalue weighted by molar-refractivity contribution is 7.26. The van der Waals surface area contributed by atoms with Crippen LogP contribution in [-0.4, -0.2) is 0 Å². The summed E-state index contributed by atoms with van der Waals surface area (Å²) in [6, 6.07) is 31.3. The van der Waals surface area contributed by atoms with E-state index in [1.165, 1.54) is 64.0 Å². The highest BCUT2D eigenvalue weighted by Gasteiger charge is 2.27. The van der Waals surface area contributed by atoms with Crippen molar-refractivity contribution in [3.8, 4) is 11.1 Å². The van der Waals surface area contributed by atoms with Gasteiger partial charge in [0.25, 0.3) is 0 Å². The van der Waals surface area contributed by atoms with E-state index in [9.17, 15) is 0 Å². The molecule has 5 aromatic carbocycles. The predicted octanol–water partition coefficient (Wildman–Crippen LogP) is 7.93. The maximum absolute atomic E-state index is 2.34. The predicted molar refractivity (Wildman–Crippen MR) is 123 cm³/mol. The Morgan fingerprint density at radius 1 is 0.571 bits per heavy atom. The van der Waals surface area contributed by atoms with Crippen LogP contribution < -0.4 is 0 Å².